The predicted molar refractivity (Wildman–Crippen MR) is 173 cm³/mol. The Hall–Kier alpha value is -3.40. The highest BCUT2D eigenvalue weighted by atomic mass is 14.8. The van der Waals surface area contributed by atoms with E-state index < -0.39 is 0 Å². The van der Waals surface area contributed by atoms with E-state index >= 15 is 0 Å². The Morgan fingerprint density at radius 2 is 1.05 bits per heavy atom. The van der Waals surface area contributed by atoms with Crippen molar-refractivity contribution in [1.82, 2.24) is 19.9 Å². The fourth-order valence-electron chi connectivity index (χ4n) is 6.09. The molecular formula is C36H46N4. The number of rotatable bonds is 0. The van der Waals surface area contributed by atoms with Crippen molar-refractivity contribution in [2.24, 2.45) is 5.41 Å². The van der Waals surface area contributed by atoms with Crippen molar-refractivity contribution in [3.63, 3.8) is 0 Å². The lowest BCUT2D eigenvalue weighted by molar-refractivity contribution is 0.536. The molecule has 5 heterocycles. The van der Waals surface area contributed by atoms with Crippen LogP contribution in [-0.4, -0.2) is 19.9 Å². The molecule has 0 amide bonds. The molecule has 2 N–H and O–H groups in total. The minimum Gasteiger partial charge on any atom is -0.355 e. The van der Waals surface area contributed by atoms with E-state index in [2.05, 4.69) is 142 Å². The maximum absolute atomic E-state index is 5.38. The Kier molecular flexibility index (Phi) is 6.37. The highest BCUT2D eigenvalue weighted by Gasteiger charge is 2.36. The van der Waals surface area contributed by atoms with Gasteiger partial charge in [-0.3, -0.25) is 0 Å². The second kappa shape index (κ2) is 9.06. The summed E-state index contributed by atoms with van der Waals surface area (Å²) >= 11 is 0. The molecule has 2 aliphatic rings. The molecule has 0 unspecified atom stereocenters. The van der Waals surface area contributed by atoms with E-state index in [1.54, 1.807) is 0 Å². The molecule has 0 saturated carbocycles. The Labute approximate surface area is 240 Å². The number of nitrogens with zero attached hydrogens (tertiary/aromatic N) is 2. The van der Waals surface area contributed by atoms with E-state index in [1.165, 1.54) is 27.8 Å². The van der Waals surface area contributed by atoms with Crippen LogP contribution in [0.3, 0.4) is 0 Å². The number of fused-ring (bicyclic) bond motifs is 8. The summed E-state index contributed by atoms with van der Waals surface area (Å²) in [6.45, 7) is 27.8. The first-order valence-corrected chi connectivity index (χ1v) is 14.5. The summed E-state index contributed by atoms with van der Waals surface area (Å²) in [5.41, 5.74) is 13.2. The van der Waals surface area contributed by atoms with Gasteiger partial charge in [0.2, 0.25) is 0 Å². The number of aromatic amines is 2. The molecule has 0 aromatic carbocycles. The van der Waals surface area contributed by atoms with Crippen molar-refractivity contribution < 1.29 is 0 Å². The van der Waals surface area contributed by atoms with Crippen LogP contribution >= 0.6 is 0 Å². The van der Waals surface area contributed by atoms with Gasteiger partial charge in [0.15, 0.2) is 0 Å². The molecule has 0 atom stereocenters. The molecule has 0 spiro atoms. The average molecular weight is 535 g/mol. The topological polar surface area (TPSA) is 57.4 Å². The van der Waals surface area contributed by atoms with Crippen molar-refractivity contribution in [2.75, 3.05) is 0 Å². The van der Waals surface area contributed by atoms with E-state index in [0.717, 1.165) is 39.3 Å². The van der Waals surface area contributed by atoms with Gasteiger partial charge in [0.25, 0.3) is 0 Å². The Morgan fingerprint density at radius 1 is 0.525 bits per heavy atom. The SMILES string of the molecule is CC(C)(C)C1=Cc2cc3ccc(cc4nc(cc5[nH]c(c(C(C)(C)C)c1n2)c(C(C)(C)C)c5C(C)(C)C)C=C4)[nH]3. The summed E-state index contributed by atoms with van der Waals surface area (Å²) in [6.07, 6.45) is 6.48. The molecule has 40 heavy (non-hydrogen) atoms. The summed E-state index contributed by atoms with van der Waals surface area (Å²) in [6, 6.07) is 10.7. The number of allylic oxidation sites excluding steroid dienone is 1. The smallest absolute Gasteiger partial charge is 0.0733 e. The fraction of sp³-hybridized carbons (Fsp3) is 0.444. The van der Waals surface area contributed by atoms with Crippen LogP contribution < -0.4 is 0 Å². The van der Waals surface area contributed by atoms with Crippen LogP contribution in [-0.2, 0) is 16.2 Å². The standard InChI is InChI=1S/C36H46N4/c1-33(2,3)26-19-25-18-23-14-13-21(37-23)17-22-15-16-24(38-22)20-27-28(34(4,5)6)29(35(7,8)9)32(40-27)30(31(26)39-25)36(10,11)12/h13-20,37,40H,1-12H3. The Morgan fingerprint density at radius 3 is 1.57 bits per heavy atom. The molecule has 0 aliphatic carbocycles. The van der Waals surface area contributed by atoms with Gasteiger partial charge in [-0.15, -0.1) is 0 Å². The van der Waals surface area contributed by atoms with Crippen molar-refractivity contribution in [3.05, 3.63) is 69.8 Å². The third kappa shape index (κ3) is 5.21. The second-order valence-corrected chi connectivity index (χ2v) is 15.6. The van der Waals surface area contributed by atoms with Gasteiger partial charge in [-0.25, -0.2) is 9.97 Å². The van der Waals surface area contributed by atoms with Gasteiger partial charge in [-0.05, 0) is 86.9 Å². The second-order valence-electron chi connectivity index (χ2n) is 15.6. The summed E-state index contributed by atoms with van der Waals surface area (Å²) in [4.78, 5) is 17.9. The van der Waals surface area contributed by atoms with Crippen LogP contribution in [0.2, 0.25) is 0 Å². The van der Waals surface area contributed by atoms with Crippen LogP contribution in [0.4, 0.5) is 0 Å². The van der Waals surface area contributed by atoms with Crippen molar-refractivity contribution in [3.8, 4) is 0 Å². The molecule has 5 rings (SSSR count). The number of hydrogen-bond acceptors (Lipinski definition) is 2. The number of aromatic nitrogens is 4. The van der Waals surface area contributed by atoms with Gasteiger partial charge in [0, 0.05) is 27.6 Å². The van der Waals surface area contributed by atoms with E-state index in [9.17, 15) is 0 Å². The Balaban J connectivity index is 2.12. The van der Waals surface area contributed by atoms with E-state index in [4.69, 9.17) is 9.97 Å². The van der Waals surface area contributed by atoms with Gasteiger partial charge in [0.1, 0.15) is 0 Å². The van der Waals surface area contributed by atoms with Gasteiger partial charge >= 0.3 is 0 Å². The molecule has 4 nitrogen and oxygen atoms in total. The number of hydrogen-bond donors (Lipinski definition) is 2. The van der Waals surface area contributed by atoms with Crippen LogP contribution in [0, 0.1) is 5.41 Å². The Bertz CT molecular complexity index is 1710. The van der Waals surface area contributed by atoms with Gasteiger partial charge < -0.3 is 9.97 Å². The minimum absolute atomic E-state index is 0.0753. The molecule has 8 bridgehead atoms. The zero-order valence-corrected chi connectivity index (χ0v) is 26.5. The molecule has 0 saturated heterocycles. The average Bonchev–Trinajstić information content (AvgIpc) is 3.53. The van der Waals surface area contributed by atoms with Crippen LogP contribution in [0.5, 0.6) is 0 Å². The molecular weight excluding hydrogens is 488 g/mol. The lowest BCUT2D eigenvalue weighted by atomic mass is 9.73. The molecule has 0 radical (unpaired) electrons. The highest BCUT2D eigenvalue weighted by Crippen LogP contribution is 2.47. The first-order chi connectivity index (χ1) is 18.3. The molecule has 3 aromatic heterocycles. The lowest BCUT2D eigenvalue weighted by Crippen LogP contribution is -2.23. The zero-order chi connectivity index (χ0) is 29.4. The van der Waals surface area contributed by atoms with Gasteiger partial charge in [-0.1, -0.05) is 83.1 Å². The van der Waals surface area contributed by atoms with E-state index in [1.807, 2.05) is 0 Å². The molecule has 3 aromatic rings. The van der Waals surface area contributed by atoms with Gasteiger partial charge in [0.05, 0.1) is 22.8 Å². The first kappa shape index (κ1) is 28.1. The van der Waals surface area contributed by atoms with Crippen LogP contribution in [0.1, 0.15) is 123 Å². The highest BCUT2D eigenvalue weighted by molar-refractivity contribution is 5.91. The summed E-state index contributed by atoms with van der Waals surface area (Å²) < 4.78 is 0. The lowest BCUT2D eigenvalue weighted by Gasteiger charge is -2.31. The van der Waals surface area contributed by atoms with E-state index in [0.29, 0.717) is 0 Å². The summed E-state index contributed by atoms with van der Waals surface area (Å²) in [7, 11) is 0. The maximum Gasteiger partial charge on any atom is 0.0733 e. The van der Waals surface area contributed by atoms with Crippen molar-refractivity contribution in [2.45, 2.75) is 99.3 Å². The molecule has 210 valence electrons. The number of H-pyrrole nitrogens is 2. The maximum atomic E-state index is 5.38. The molecule has 2 aliphatic heterocycles. The van der Waals surface area contributed by atoms with Crippen LogP contribution in [0.25, 0.3) is 45.9 Å². The third-order valence-electron chi connectivity index (χ3n) is 7.68. The monoisotopic (exact) mass is 534 g/mol. The third-order valence-corrected chi connectivity index (χ3v) is 7.68. The summed E-state index contributed by atoms with van der Waals surface area (Å²) in [5.74, 6) is 0. The normalized spacial score (nSPS) is 14.6. The van der Waals surface area contributed by atoms with Crippen molar-refractivity contribution in [1.29, 1.82) is 0 Å². The number of nitrogens with one attached hydrogen (secondary N) is 2. The van der Waals surface area contributed by atoms with E-state index in [-0.39, 0.29) is 21.7 Å². The van der Waals surface area contributed by atoms with Crippen LogP contribution in [0.15, 0.2) is 30.3 Å². The first-order valence-electron chi connectivity index (χ1n) is 14.5. The fourth-order valence-corrected chi connectivity index (χ4v) is 6.09. The zero-order valence-electron chi connectivity index (χ0n) is 26.5. The molecule has 4 heteroatoms. The minimum atomic E-state index is -0.165. The largest absolute Gasteiger partial charge is 0.355 e. The molecule has 0 fully saturated rings. The quantitative estimate of drug-likeness (QED) is 0.236. The van der Waals surface area contributed by atoms with Crippen molar-refractivity contribution >= 4 is 45.9 Å². The van der Waals surface area contributed by atoms with Gasteiger partial charge in [-0.2, -0.15) is 0 Å². The predicted octanol–water partition coefficient (Wildman–Crippen LogP) is 9.96. The summed E-state index contributed by atoms with van der Waals surface area (Å²) in [5, 5.41) is 0.